The molecule has 1 fully saturated rings. The largest absolute Gasteiger partial charge is 0.369 e. The molecule has 2 aromatic rings. The molecule has 0 amide bonds. The van der Waals surface area contributed by atoms with E-state index < -0.39 is 9.84 Å². The van der Waals surface area contributed by atoms with Gasteiger partial charge in [0.15, 0.2) is 15.8 Å². The average Bonchev–Trinajstić information content (AvgIpc) is 3.21. The predicted octanol–water partition coefficient (Wildman–Crippen LogP) is 2.83. The first-order valence-electron chi connectivity index (χ1n) is 10.6. The summed E-state index contributed by atoms with van der Waals surface area (Å²) in [6.07, 6.45) is 1.57. The van der Waals surface area contributed by atoms with E-state index in [0.29, 0.717) is 19.0 Å². The molecule has 7 heteroatoms. The van der Waals surface area contributed by atoms with Crippen molar-refractivity contribution in [3.8, 4) is 0 Å². The molecule has 0 radical (unpaired) electrons. The van der Waals surface area contributed by atoms with Crippen LogP contribution in [0, 0.1) is 0 Å². The maximum Gasteiger partial charge on any atom is 0.191 e. The molecule has 1 atom stereocenters. The van der Waals surface area contributed by atoms with Gasteiger partial charge in [-0.25, -0.2) is 8.42 Å². The fourth-order valence-electron chi connectivity index (χ4n) is 3.64. The molecule has 0 aliphatic carbocycles. The monoisotopic (exact) mass is 428 g/mol. The standard InChI is InChI=1S/C23H32N4O2S/c1-2-24-23(26-21-14-16-27(18-21)22-12-7-4-8-13-22)25-15-9-17-30(28,29)19-20-10-5-3-6-11-20/h3-8,10-13,21H,2,9,14-19H2,1H3,(H2,24,25,26). The smallest absolute Gasteiger partial charge is 0.191 e. The van der Waals surface area contributed by atoms with E-state index in [1.54, 1.807) is 0 Å². The van der Waals surface area contributed by atoms with Crippen molar-refractivity contribution in [1.29, 1.82) is 0 Å². The Morgan fingerprint density at radius 1 is 1.10 bits per heavy atom. The van der Waals surface area contributed by atoms with Gasteiger partial charge in [-0.05, 0) is 37.5 Å². The lowest BCUT2D eigenvalue weighted by atomic mass is 10.2. The van der Waals surface area contributed by atoms with Crippen molar-refractivity contribution >= 4 is 21.5 Å². The second kappa shape index (κ2) is 11.0. The van der Waals surface area contributed by atoms with Gasteiger partial charge in [0, 0.05) is 37.9 Å². The topological polar surface area (TPSA) is 73.8 Å². The normalized spacial score (nSPS) is 17.2. The zero-order valence-corrected chi connectivity index (χ0v) is 18.4. The van der Waals surface area contributed by atoms with Crippen molar-refractivity contribution in [1.82, 2.24) is 10.6 Å². The molecule has 30 heavy (non-hydrogen) atoms. The minimum absolute atomic E-state index is 0.0905. The molecule has 1 heterocycles. The Morgan fingerprint density at radius 2 is 1.80 bits per heavy atom. The van der Waals surface area contributed by atoms with Gasteiger partial charge >= 0.3 is 0 Å². The fourth-order valence-corrected chi connectivity index (χ4v) is 5.05. The molecule has 0 spiro atoms. The van der Waals surface area contributed by atoms with Gasteiger partial charge in [0.1, 0.15) is 0 Å². The summed E-state index contributed by atoms with van der Waals surface area (Å²) in [7, 11) is -3.12. The SMILES string of the molecule is CCNC(=NCCCS(=O)(=O)Cc1ccccc1)NC1CCN(c2ccccc2)C1. The van der Waals surface area contributed by atoms with Gasteiger partial charge in [0.05, 0.1) is 11.5 Å². The summed E-state index contributed by atoms with van der Waals surface area (Å²) in [5.74, 6) is 1.00. The highest BCUT2D eigenvalue weighted by molar-refractivity contribution is 7.90. The van der Waals surface area contributed by atoms with Crippen molar-refractivity contribution in [2.24, 2.45) is 4.99 Å². The Balaban J connectivity index is 1.46. The third kappa shape index (κ3) is 7.06. The van der Waals surface area contributed by atoms with E-state index in [1.807, 2.05) is 43.3 Å². The predicted molar refractivity (Wildman–Crippen MR) is 125 cm³/mol. The molecular formula is C23H32N4O2S. The van der Waals surface area contributed by atoms with E-state index in [1.165, 1.54) is 5.69 Å². The number of nitrogens with one attached hydrogen (secondary N) is 2. The van der Waals surface area contributed by atoms with Gasteiger partial charge in [-0.2, -0.15) is 0 Å². The van der Waals surface area contributed by atoms with E-state index in [0.717, 1.165) is 37.6 Å². The van der Waals surface area contributed by atoms with Gasteiger partial charge < -0.3 is 15.5 Å². The first kappa shape index (κ1) is 22.2. The number of guanidine groups is 1. The van der Waals surface area contributed by atoms with Crippen molar-refractivity contribution in [2.45, 2.75) is 31.6 Å². The van der Waals surface area contributed by atoms with Crippen LogP contribution < -0.4 is 15.5 Å². The summed E-state index contributed by atoms with van der Waals surface area (Å²) < 4.78 is 24.7. The highest BCUT2D eigenvalue weighted by Crippen LogP contribution is 2.19. The molecule has 162 valence electrons. The van der Waals surface area contributed by atoms with Gasteiger partial charge in [-0.15, -0.1) is 0 Å². The van der Waals surface area contributed by atoms with Crippen LogP contribution in [0.3, 0.4) is 0 Å². The third-order valence-corrected chi connectivity index (χ3v) is 6.79. The molecule has 3 rings (SSSR count). The third-order valence-electron chi connectivity index (χ3n) is 5.11. The highest BCUT2D eigenvalue weighted by atomic mass is 32.2. The minimum Gasteiger partial charge on any atom is -0.369 e. The number of nitrogens with zero attached hydrogens (tertiary/aromatic N) is 2. The molecule has 0 aromatic heterocycles. The van der Waals surface area contributed by atoms with Crippen molar-refractivity contribution in [3.05, 3.63) is 66.2 Å². The number of para-hydroxylation sites is 1. The Morgan fingerprint density at radius 3 is 2.50 bits per heavy atom. The van der Waals surface area contributed by atoms with Crippen LogP contribution >= 0.6 is 0 Å². The van der Waals surface area contributed by atoms with Crippen LogP contribution in [0.1, 0.15) is 25.3 Å². The average molecular weight is 429 g/mol. The molecule has 0 saturated carbocycles. The molecule has 0 bridgehead atoms. The summed E-state index contributed by atoms with van der Waals surface area (Å²) >= 11 is 0. The van der Waals surface area contributed by atoms with Crippen LogP contribution in [0.4, 0.5) is 5.69 Å². The van der Waals surface area contributed by atoms with Crippen LogP contribution in [-0.2, 0) is 15.6 Å². The van der Waals surface area contributed by atoms with Crippen molar-refractivity contribution in [2.75, 3.05) is 36.8 Å². The molecule has 1 saturated heterocycles. The van der Waals surface area contributed by atoms with Gasteiger partial charge in [0.25, 0.3) is 0 Å². The fraction of sp³-hybridized carbons (Fsp3) is 0.435. The lowest BCUT2D eigenvalue weighted by Crippen LogP contribution is -2.44. The summed E-state index contributed by atoms with van der Waals surface area (Å²) in [6, 6.07) is 20.1. The number of benzene rings is 2. The second-order valence-electron chi connectivity index (χ2n) is 7.60. The molecule has 2 aromatic carbocycles. The van der Waals surface area contributed by atoms with E-state index in [4.69, 9.17) is 0 Å². The molecule has 1 aliphatic heterocycles. The van der Waals surface area contributed by atoms with Gasteiger partial charge in [-0.3, -0.25) is 4.99 Å². The van der Waals surface area contributed by atoms with Gasteiger partial charge in [0.2, 0.25) is 0 Å². The zero-order chi connectivity index (χ0) is 21.2. The first-order valence-corrected chi connectivity index (χ1v) is 12.5. The number of anilines is 1. The highest BCUT2D eigenvalue weighted by Gasteiger charge is 2.23. The maximum atomic E-state index is 12.3. The first-order chi connectivity index (χ1) is 14.6. The van der Waals surface area contributed by atoms with E-state index in [2.05, 4.69) is 44.8 Å². The lowest BCUT2D eigenvalue weighted by Gasteiger charge is -2.20. The van der Waals surface area contributed by atoms with Crippen LogP contribution in [0.2, 0.25) is 0 Å². The Kier molecular flexibility index (Phi) is 8.13. The Bertz CT molecular complexity index is 901. The maximum absolute atomic E-state index is 12.3. The van der Waals surface area contributed by atoms with Crippen LogP contribution in [-0.4, -0.2) is 52.4 Å². The van der Waals surface area contributed by atoms with Gasteiger partial charge in [-0.1, -0.05) is 48.5 Å². The van der Waals surface area contributed by atoms with E-state index >= 15 is 0 Å². The molecular weight excluding hydrogens is 396 g/mol. The summed E-state index contributed by atoms with van der Waals surface area (Å²) in [5.41, 5.74) is 2.08. The van der Waals surface area contributed by atoms with E-state index in [-0.39, 0.29) is 11.5 Å². The molecule has 6 nitrogen and oxygen atoms in total. The van der Waals surface area contributed by atoms with Crippen LogP contribution in [0.15, 0.2) is 65.7 Å². The summed E-state index contributed by atoms with van der Waals surface area (Å²) in [6.45, 7) is 5.23. The number of aliphatic imine (C=N–C) groups is 1. The Labute approximate surface area is 180 Å². The molecule has 1 unspecified atom stereocenters. The quantitative estimate of drug-likeness (QED) is 0.365. The second-order valence-corrected chi connectivity index (χ2v) is 9.79. The van der Waals surface area contributed by atoms with Crippen molar-refractivity contribution in [3.63, 3.8) is 0 Å². The minimum atomic E-state index is -3.12. The lowest BCUT2D eigenvalue weighted by molar-refractivity contribution is 0.592. The van der Waals surface area contributed by atoms with E-state index in [9.17, 15) is 8.42 Å². The van der Waals surface area contributed by atoms with Crippen LogP contribution in [0.5, 0.6) is 0 Å². The summed E-state index contributed by atoms with van der Waals surface area (Å²) in [5, 5.41) is 6.77. The van der Waals surface area contributed by atoms with Crippen molar-refractivity contribution < 1.29 is 8.42 Å². The number of rotatable bonds is 9. The number of hydrogen-bond donors (Lipinski definition) is 2. The molecule has 2 N–H and O–H groups in total. The number of hydrogen-bond acceptors (Lipinski definition) is 4. The molecule has 1 aliphatic rings. The van der Waals surface area contributed by atoms with Crippen LogP contribution in [0.25, 0.3) is 0 Å². The summed E-state index contributed by atoms with van der Waals surface area (Å²) in [4.78, 5) is 6.97. The number of sulfone groups is 1. The zero-order valence-electron chi connectivity index (χ0n) is 17.6. The Hall–Kier alpha value is -2.54.